The molecule has 3 N–H and O–H groups in total. The van der Waals surface area contributed by atoms with Gasteiger partial charge in [0.15, 0.2) is 11.8 Å². The zero-order valence-electron chi connectivity index (χ0n) is 20.2. The number of carbonyl (C=O) groups is 4. The van der Waals surface area contributed by atoms with E-state index in [9.17, 15) is 28.7 Å². The summed E-state index contributed by atoms with van der Waals surface area (Å²) >= 11 is 0. The summed E-state index contributed by atoms with van der Waals surface area (Å²) in [6.07, 6.45) is 2.49. The summed E-state index contributed by atoms with van der Waals surface area (Å²) in [6, 6.07) is 8.34. The van der Waals surface area contributed by atoms with Gasteiger partial charge in [0.05, 0.1) is 12.5 Å². The molecule has 2 atom stereocenters. The number of carboxylic acids is 1. The summed E-state index contributed by atoms with van der Waals surface area (Å²) in [7, 11) is 1.46. The molecule has 1 heterocycles. The van der Waals surface area contributed by atoms with Crippen molar-refractivity contribution < 1.29 is 59.7 Å². The fraction of sp³-hybridized carbons (Fsp3) is 0.250. The van der Waals surface area contributed by atoms with E-state index in [4.69, 9.17) is 0 Å². The number of amides is 3. The molecule has 0 saturated heterocycles. The molecule has 0 aliphatic carbocycles. The molecular weight excluding hydrogens is 452 g/mol. The number of halogens is 1. The number of hydrogen-bond acceptors (Lipinski definition) is 4. The van der Waals surface area contributed by atoms with Crippen LogP contribution in [0.4, 0.5) is 9.18 Å². The molecule has 3 rings (SSSR count). The van der Waals surface area contributed by atoms with Gasteiger partial charge < -0.3 is 22.1 Å². The number of likely N-dealkylation sites (N-methyl/N-ethyl adjacent to an activating group) is 1. The molecule has 2 aromatic rings. The summed E-state index contributed by atoms with van der Waals surface area (Å²) < 4.78 is 13.6. The van der Waals surface area contributed by atoms with Gasteiger partial charge in [-0.15, -0.1) is 0 Å². The van der Waals surface area contributed by atoms with Crippen molar-refractivity contribution in [2.45, 2.75) is 31.8 Å². The van der Waals surface area contributed by atoms with Crippen LogP contribution in [0.1, 0.15) is 36.1 Å². The maximum atomic E-state index is 13.6. The predicted molar refractivity (Wildman–Crippen MR) is 119 cm³/mol. The normalized spacial score (nSPS) is 16.0. The Balaban J connectivity index is 0.00000306. The number of ketones is 1. The average Bonchev–Trinajstić information content (AvgIpc) is 2.76. The minimum atomic E-state index is -1.38. The topological polar surface area (TPSA) is 116 Å². The third kappa shape index (κ3) is 6.99. The maximum absolute atomic E-state index is 13.6. The second kappa shape index (κ2) is 11.9. The molecule has 2 unspecified atom stereocenters. The van der Waals surface area contributed by atoms with E-state index in [1.165, 1.54) is 36.4 Å². The molecular formula is C24H25FN3NaO5. The molecule has 0 bridgehead atoms. The summed E-state index contributed by atoms with van der Waals surface area (Å²) in [5.41, 5.74) is 3.04. The summed E-state index contributed by atoms with van der Waals surface area (Å²) in [6.45, 7) is 1.87. The number of aliphatic carboxylic acids is 1. The number of hydrogen-bond donors (Lipinski definition) is 3. The van der Waals surface area contributed by atoms with E-state index in [1.54, 1.807) is 24.3 Å². The largest absolute Gasteiger partial charge is 1.00 e. The molecule has 0 radical (unpaired) electrons. The van der Waals surface area contributed by atoms with Crippen molar-refractivity contribution in [3.8, 4) is 0 Å². The zero-order chi connectivity index (χ0) is 24.1. The van der Waals surface area contributed by atoms with Crippen LogP contribution in [0.15, 0.2) is 54.7 Å². The summed E-state index contributed by atoms with van der Waals surface area (Å²) in [4.78, 5) is 49.3. The van der Waals surface area contributed by atoms with Crippen LogP contribution in [0.3, 0.4) is 0 Å². The molecule has 10 heteroatoms. The first kappa shape index (κ1) is 27.2. The number of carboxylic acid groups (broad SMARTS) is 1. The Morgan fingerprint density at radius 3 is 2.65 bits per heavy atom. The predicted octanol–water partition coefficient (Wildman–Crippen LogP) is -0.420. The van der Waals surface area contributed by atoms with Crippen LogP contribution in [0.5, 0.6) is 0 Å². The van der Waals surface area contributed by atoms with Gasteiger partial charge in [0.25, 0.3) is 5.91 Å². The van der Waals surface area contributed by atoms with Gasteiger partial charge in [-0.05, 0) is 47.7 Å². The van der Waals surface area contributed by atoms with E-state index >= 15 is 0 Å². The zero-order valence-corrected chi connectivity index (χ0v) is 21.2. The van der Waals surface area contributed by atoms with Crippen LogP contribution >= 0.6 is 0 Å². The molecule has 8 nitrogen and oxygen atoms in total. The Morgan fingerprint density at radius 2 is 1.94 bits per heavy atom. The fourth-order valence-electron chi connectivity index (χ4n) is 3.54. The number of rotatable bonds is 7. The van der Waals surface area contributed by atoms with Crippen LogP contribution in [0.25, 0.3) is 0 Å². The van der Waals surface area contributed by atoms with Crippen LogP contribution < -0.4 is 40.2 Å². The van der Waals surface area contributed by atoms with Crippen molar-refractivity contribution in [3.05, 3.63) is 82.8 Å². The monoisotopic (exact) mass is 477 g/mol. The van der Waals surface area contributed by atoms with Gasteiger partial charge in [-0.2, -0.15) is 0 Å². The molecule has 0 fully saturated rings. The molecule has 34 heavy (non-hydrogen) atoms. The van der Waals surface area contributed by atoms with Crippen LogP contribution in [-0.2, 0) is 20.8 Å². The van der Waals surface area contributed by atoms with E-state index in [1.807, 2.05) is 13.0 Å². The Hall–Kier alpha value is -3.01. The molecule has 0 spiro atoms. The van der Waals surface area contributed by atoms with Crippen LogP contribution in [-0.4, -0.2) is 46.8 Å². The second-order valence-corrected chi connectivity index (χ2v) is 7.86. The number of nitrogens with zero attached hydrogens (tertiary/aromatic N) is 1. The molecule has 3 amide bonds. The Kier molecular flexibility index (Phi) is 9.55. The molecule has 2 aromatic carbocycles. The minimum absolute atomic E-state index is 0. The van der Waals surface area contributed by atoms with Crippen molar-refractivity contribution in [1.29, 1.82) is 0 Å². The van der Waals surface area contributed by atoms with E-state index in [-0.39, 0.29) is 36.8 Å². The smallest absolute Gasteiger partial charge is 1.00 e. The van der Waals surface area contributed by atoms with Crippen LogP contribution in [0.2, 0.25) is 0 Å². The average molecular weight is 477 g/mol. The van der Waals surface area contributed by atoms with Gasteiger partial charge in [-0.1, -0.05) is 30.3 Å². The van der Waals surface area contributed by atoms with Gasteiger partial charge >= 0.3 is 41.6 Å². The number of aryl methyl sites for hydroxylation is 1. The first-order chi connectivity index (χ1) is 15.6. The molecule has 174 valence electrons. The van der Waals surface area contributed by atoms with Gasteiger partial charge in [0, 0.05) is 19.3 Å². The van der Waals surface area contributed by atoms with Crippen molar-refractivity contribution in [2.24, 2.45) is 0 Å². The quantitative estimate of drug-likeness (QED) is 0.370. The Labute approximate surface area is 220 Å². The first-order valence-electron chi connectivity index (χ1n) is 10.3. The first-order valence-corrected chi connectivity index (χ1v) is 10.3. The Morgan fingerprint density at radius 1 is 1.21 bits per heavy atom. The number of urea groups is 1. The summed E-state index contributed by atoms with van der Waals surface area (Å²) in [5, 5.41) is 14.2. The summed E-state index contributed by atoms with van der Waals surface area (Å²) in [5.74, 6) is -2.66. The van der Waals surface area contributed by atoms with E-state index in [0.29, 0.717) is 12.0 Å². The fourth-order valence-corrected chi connectivity index (χ4v) is 3.54. The standard InChI is InChI=1S/C24H24FN3O5.Na.H/c1-14-6-7-18(25)12-17(14)11-15-4-3-5-16(10-15)19(13-21(30)31)26-24(33)27-22-20(29)8-9-28(2)23(22)32;;/h3-10,12,19,22H,11,13H2,1-2H3,(H,30,31)(H2,26,27,33);;/q;+1;-1. The van der Waals surface area contributed by atoms with Crippen molar-refractivity contribution in [1.82, 2.24) is 15.5 Å². The molecule has 1 aliphatic heterocycles. The number of nitrogens with one attached hydrogen (secondary N) is 2. The van der Waals surface area contributed by atoms with Gasteiger partial charge in [0.2, 0.25) is 0 Å². The number of benzene rings is 2. The second-order valence-electron chi connectivity index (χ2n) is 7.86. The van der Waals surface area contributed by atoms with Crippen LogP contribution in [0, 0.1) is 12.7 Å². The molecule has 1 aliphatic rings. The van der Waals surface area contributed by atoms with Gasteiger partial charge in [-0.3, -0.25) is 14.4 Å². The Bertz CT molecular complexity index is 1140. The van der Waals surface area contributed by atoms with Gasteiger partial charge in [0.1, 0.15) is 5.82 Å². The minimum Gasteiger partial charge on any atom is -1.00 e. The number of carbonyl (C=O) groups excluding carboxylic acids is 3. The molecule has 0 saturated carbocycles. The third-order valence-corrected chi connectivity index (χ3v) is 5.36. The van der Waals surface area contributed by atoms with Gasteiger partial charge in [-0.25, -0.2) is 9.18 Å². The van der Waals surface area contributed by atoms with Crippen molar-refractivity contribution >= 4 is 23.7 Å². The molecule has 0 aromatic heterocycles. The maximum Gasteiger partial charge on any atom is 1.00 e. The van der Waals surface area contributed by atoms with E-state index in [2.05, 4.69) is 10.6 Å². The SMILES string of the molecule is Cc1ccc(F)cc1Cc1cccc(C(CC(=O)O)NC(=O)NC2C(=O)C=CN(C)C2=O)c1.[H-].[Na+]. The van der Waals surface area contributed by atoms with E-state index < -0.39 is 42.2 Å². The van der Waals surface area contributed by atoms with Crippen molar-refractivity contribution in [3.63, 3.8) is 0 Å². The third-order valence-electron chi connectivity index (χ3n) is 5.36. The van der Waals surface area contributed by atoms with Crippen molar-refractivity contribution in [2.75, 3.05) is 7.05 Å². The van der Waals surface area contributed by atoms with E-state index in [0.717, 1.165) is 16.7 Å².